The molecule has 0 amide bonds. The average Bonchev–Trinajstić information content (AvgIpc) is 3.36. The van der Waals surface area contributed by atoms with E-state index in [-0.39, 0.29) is 5.92 Å². The third kappa shape index (κ3) is 4.85. The number of furan rings is 1. The quantitative estimate of drug-likeness (QED) is 0.231. The van der Waals surface area contributed by atoms with E-state index in [1.54, 1.807) is 6.33 Å². The van der Waals surface area contributed by atoms with E-state index in [2.05, 4.69) is 60.2 Å². The molecule has 6 aromatic rings. The van der Waals surface area contributed by atoms with Gasteiger partial charge in [0.05, 0.1) is 11.4 Å². The number of hydrogen-bond acceptors (Lipinski definition) is 3. The molecule has 3 nitrogen and oxygen atoms in total. The first-order valence-electron chi connectivity index (χ1n) is 14.5. The lowest BCUT2D eigenvalue weighted by atomic mass is 9.85. The molecule has 4 aromatic carbocycles. The van der Waals surface area contributed by atoms with Crippen molar-refractivity contribution in [1.29, 1.82) is 0 Å². The molecule has 2 aromatic heterocycles. The number of para-hydroxylation sites is 2. The number of benzene rings is 4. The first-order valence-corrected chi connectivity index (χ1v) is 13.5. The van der Waals surface area contributed by atoms with Gasteiger partial charge < -0.3 is 4.42 Å². The molecule has 0 N–H and O–H groups in total. The van der Waals surface area contributed by atoms with Crippen LogP contribution in [-0.4, -0.2) is 9.97 Å². The Morgan fingerprint density at radius 1 is 0.718 bits per heavy atom. The Morgan fingerprint density at radius 2 is 1.36 bits per heavy atom. The van der Waals surface area contributed by atoms with Gasteiger partial charge in [0.25, 0.3) is 0 Å². The van der Waals surface area contributed by atoms with Crippen molar-refractivity contribution in [3.63, 3.8) is 0 Å². The SMILES string of the molecule is [2H]C([2H])(c1ccc(-c2cc(-c3cccc4c3oc3c(-c5ccccc5)cccc34)ncn2)c(C(C)C)c1)C(C)(C)C. The Labute approximate surface area is 233 Å². The molecule has 194 valence electrons. The van der Waals surface area contributed by atoms with Crippen LogP contribution in [0, 0.1) is 5.41 Å². The molecule has 0 unspecified atom stereocenters. The zero-order valence-electron chi connectivity index (χ0n) is 25.1. The summed E-state index contributed by atoms with van der Waals surface area (Å²) in [6.45, 7) is 10.1. The summed E-state index contributed by atoms with van der Waals surface area (Å²) in [7, 11) is 0. The van der Waals surface area contributed by atoms with E-state index in [0.29, 0.717) is 5.56 Å². The Bertz CT molecular complexity index is 1880. The fraction of sp³-hybridized carbons (Fsp3) is 0.222. The van der Waals surface area contributed by atoms with Crippen molar-refractivity contribution < 1.29 is 7.16 Å². The van der Waals surface area contributed by atoms with Gasteiger partial charge in [-0.25, -0.2) is 9.97 Å². The van der Waals surface area contributed by atoms with Gasteiger partial charge in [-0.3, -0.25) is 0 Å². The zero-order chi connectivity index (χ0) is 28.9. The summed E-state index contributed by atoms with van der Waals surface area (Å²) < 4.78 is 24.2. The molecule has 0 spiro atoms. The maximum Gasteiger partial charge on any atom is 0.144 e. The van der Waals surface area contributed by atoms with Crippen LogP contribution in [0.25, 0.3) is 55.6 Å². The number of fused-ring (bicyclic) bond motifs is 3. The average molecular weight is 513 g/mol. The lowest BCUT2D eigenvalue weighted by molar-refractivity contribution is 0.411. The van der Waals surface area contributed by atoms with Crippen molar-refractivity contribution >= 4 is 21.9 Å². The van der Waals surface area contributed by atoms with Crippen LogP contribution in [-0.2, 0) is 6.37 Å². The molecule has 6 rings (SSSR count). The van der Waals surface area contributed by atoms with Crippen LogP contribution in [0.15, 0.2) is 102 Å². The third-order valence-electron chi connectivity index (χ3n) is 7.02. The summed E-state index contributed by atoms with van der Waals surface area (Å²) in [4.78, 5) is 9.33. The van der Waals surface area contributed by atoms with Gasteiger partial charge in [0.1, 0.15) is 17.5 Å². The molecule has 0 saturated heterocycles. The molecule has 39 heavy (non-hydrogen) atoms. The second-order valence-corrected chi connectivity index (χ2v) is 11.5. The van der Waals surface area contributed by atoms with Crippen molar-refractivity contribution in [2.24, 2.45) is 5.41 Å². The first kappa shape index (κ1) is 22.7. The number of nitrogens with zero attached hydrogens (tertiary/aromatic N) is 2. The summed E-state index contributed by atoms with van der Waals surface area (Å²) in [5.41, 5.74) is 8.54. The van der Waals surface area contributed by atoms with Gasteiger partial charge in [0.15, 0.2) is 0 Å². The molecular formula is C36H34N2O. The second-order valence-electron chi connectivity index (χ2n) is 11.5. The van der Waals surface area contributed by atoms with Crippen LogP contribution in [0.4, 0.5) is 0 Å². The lowest BCUT2D eigenvalue weighted by Gasteiger charge is -2.20. The third-order valence-corrected chi connectivity index (χ3v) is 7.02. The number of rotatable bonds is 5. The summed E-state index contributed by atoms with van der Waals surface area (Å²) in [6, 6.07) is 30.7. The fourth-order valence-corrected chi connectivity index (χ4v) is 5.30. The molecule has 0 atom stereocenters. The standard InChI is InChI=1S/C36H34N2O/c1-23(2)31-19-24(21-36(3,4)5)17-18-27(31)32-20-33(38-22-37-32)30-16-10-15-29-28-14-9-13-26(34(28)39-35(29)30)25-11-7-6-8-12-25/h6-20,22-23H,21H2,1-5H3/i21D2. The van der Waals surface area contributed by atoms with Crippen LogP contribution in [0.1, 0.15) is 54.4 Å². The monoisotopic (exact) mass is 512 g/mol. The van der Waals surface area contributed by atoms with Gasteiger partial charge in [-0.15, -0.1) is 0 Å². The molecule has 2 heterocycles. The van der Waals surface area contributed by atoms with E-state index in [9.17, 15) is 0 Å². The molecule has 0 aliphatic heterocycles. The van der Waals surface area contributed by atoms with Gasteiger partial charge in [0.2, 0.25) is 0 Å². The highest BCUT2D eigenvalue weighted by atomic mass is 16.3. The predicted octanol–water partition coefficient (Wildman–Crippen LogP) is 10.1. The molecule has 0 bridgehead atoms. The van der Waals surface area contributed by atoms with Crippen molar-refractivity contribution in [1.82, 2.24) is 9.97 Å². The minimum Gasteiger partial charge on any atom is -0.455 e. The van der Waals surface area contributed by atoms with Crippen molar-refractivity contribution in [2.75, 3.05) is 0 Å². The topological polar surface area (TPSA) is 38.9 Å². The molecular weight excluding hydrogens is 476 g/mol. The Hall–Kier alpha value is -4.24. The molecule has 0 fully saturated rings. The smallest absolute Gasteiger partial charge is 0.144 e. The first-order chi connectivity index (χ1) is 19.6. The lowest BCUT2D eigenvalue weighted by Crippen LogP contribution is -2.09. The van der Waals surface area contributed by atoms with E-state index in [0.717, 1.165) is 61.1 Å². The highest BCUT2D eigenvalue weighted by Gasteiger charge is 2.19. The number of aromatic nitrogens is 2. The second kappa shape index (κ2) is 9.81. The molecule has 3 heteroatoms. The Kier molecular flexibility index (Phi) is 5.72. The summed E-state index contributed by atoms with van der Waals surface area (Å²) in [5, 5.41) is 2.12. The van der Waals surface area contributed by atoms with Crippen LogP contribution in [0.5, 0.6) is 0 Å². The van der Waals surface area contributed by atoms with E-state index in [1.807, 2.05) is 75.4 Å². The van der Waals surface area contributed by atoms with Crippen LogP contribution in [0.2, 0.25) is 0 Å². The van der Waals surface area contributed by atoms with Crippen molar-refractivity contribution in [3.8, 4) is 33.6 Å². The molecule has 0 aliphatic rings. The zero-order valence-corrected chi connectivity index (χ0v) is 23.1. The van der Waals surface area contributed by atoms with E-state index in [4.69, 9.17) is 7.16 Å². The van der Waals surface area contributed by atoms with Crippen LogP contribution in [0.3, 0.4) is 0 Å². The van der Waals surface area contributed by atoms with E-state index >= 15 is 0 Å². The minimum absolute atomic E-state index is 0.189. The van der Waals surface area contributed by atoms with Gasteiger partial charge in [-0.1, -0.05) is 113 Å². The Morgan fingerprint density at radius 3 is 2.03 bits per heavy atom. The minimum atomic E-state index is -1.47. The summed E-state index contributed by atoms with van der Waals surface area (Å²) in [5.74, 6) is 0.189. The van der Waals surface area contributed by atoms with Gasteiger partial charge in [-0.05, 0) is 46.5 Å². The normalized spacial score (nSPS) is 13.2. The highest BCUT2D eigenvalue weighted by molar-refractivity contribution is 6.12. The van der Waals surface area contributed by atoms with Gasteiger partial charge in [-0.2, -0.15) is 0 Å². The van der Waals surface area contributed by atoms with E-state index < -0.39 is 11.8 Å². The van der Waals surface area contributed by atoms with Crippen molar-refractivity contribution in [3.05, 3.63) is 108 Å². The van der Waals surface area contributed by atoms with E-state index in [1.165, 1.54) is 0 Å². The fourth-order valence-electron chi connectivity index (χ4n) is 5.30. The van der Waals surface area contributed by atoms with Crippen LogP contribution < -0.4 is 0 Å². The van der Waals surface area contributed by atoms with Gasteiger partial charge >= 0.3 is 0 Å². The van der Waals surface area contributed by atoms with Gasteiger partial charge in [0, 0.05) is 30.2 Å². The maximum absolute atomic E-state index is 8.80. The highest BCUT2D eigenvalue weighted by Crippen LogP contribution is 2.40. The molecule has 0 aliphatic carbocycles. The van der Waals surface area contributed by atoms with Crippen LogP contribution >= 0.6 is 0 Å². The summed E-state index contributed by atoms with van der Waals surface area (Å²) in [6.07, 6.45) is 0.134. The maximum atomic E-state index is 8.80. The summed E-state index contributed by atoms with van der Waals surface area (Å²) >= 11 is 0. The predicted molar refractivity (Wildman–Crippen MR) is 163 cm³/mol. The number of hydrogen-bond donors (Lipinski definition) is 0. The molecule has 0 saturated carbocycles. The Balaban J connectivity index is 1.49. The van der Waals surface area contributed by atoms with Crippen molar-refractivity contribution in [2.45, 2.75) is 46.9 Å². The molecule has 0 radical (unpaired) electrons. The largest absolute Gasteiger partial charge is 0.455 e.